The molecule has 0 aliphatic carbocycles. The average Bonchev–Trinajstić information content (AvgIpc) is 2.97. The number of aryl methyl sites for hydroxylation is 1. The number of benzene rings is 1. The van der Waals surface area contributed by atoms with Crippen LogP contribution in [0.25, 0.3) is 17.2 Å². The smallest absolute Gasteiger partial charge is 0.323 e. The van der Waals surface area contributed by atoms with Gasteiger partial charge in [-0.25, -0.2) is 0 Å². The molecule has 0 bridgehead atoms. The van der Waals surface area contributed by atoms with Crippen LogP contribution in [-0.4, -0.2) is 37.4 Å². The van der Waals surface area contributed by atoms with E-state index < -0.39 is 5.97 Å². The summed E-state index contributed by atoms with van der Waals surface area (Å²) in [6.45, 7) is 1.36. The maximum absolute atomic E-state index is 12.1. The average molecular weight is 314 g/mol. The van der Waals surface area contributed by atoms with Crippen LogP contribution in [0.5, 0.6) is 5.75 Å². The van der Waals surface area contributed by atoms with E-state index in [2.05, 4.69) is 10.1 Å². The molecule has 0 spiro atoms. The summed E-state index contributed by atoms with van der Waals surface area (Å²) in [5.41, 5.74) is 0.860. The number of fused-ring (bicyclic) bond motifs is 1. The van der Waals surface area contributed by atoms with E-state index in [0.717, 1.165) is 4.52 Å². The van der Waals surface area contributed by atoms with E-state index in [1.807, 2.05) is 0 Å². The van der Waals surface area contributed by atoms with Gasteiger partial charge in [0.05, 0.1) is 7.11 Å². The van der Waals surface area contributed by atoms with Crippen LogP contribution in [0, 0.1) is 6.92 Å². The predicted molar refractivity (Wildman–Crippen MR) is 81.6 cm³/mol. The third-order valence-electron chi connectivity index (χ3n) is 3.44. The lowest BCUT2D eigenvalue weighted by Crippen LogP contribution is -2.22. The largest absolute Gasteiger partial charge is 0.497 e. The molecule has 2 heterocycles. The zero-order chi connectivity index (χ0) is 16.6. The van der Waals surface area contributed by atoms with Crippen LogP contribution >= 0.6 is 0 Å². The lowest BCUT2D eigenvalue weighted by atomic mass is 10.2. The molecule has 3 rings (SSSR count). The Bertz CT molecular complexity index is 941. The van der Waals surface area contributed by atoms with Crippen molar-refractivity contribution >= 4 is 11.7 Å². The highest BCUT2D eigenvalue weighted by molar-refractivity contribution is 5.67. The van der Waals surface area contributed by atoms with Gasteiger partial charge in [-0.05, 0) is 31.2 Å². The Hall–Kier alpha value is -3.16. The van der Waals surface area contributed by atoms with Gasteiger partial charge in [0.25, 0.3) is 5.56 Å². The minimum Gasteiger partial charge on any atom is -0.497 e. The van der Waals surface area contributed by atoms with Crippen molar-refractivity contribution in [2.24, 2.45) is 0 Å². The number of rotatable bonds is 4. The number of carboxylic acid groups (broad SMARTS) is 1. The summed E-state index contributed by atoms with van der Waals surface area (Å²) < 4.78 is 7.64. The van der Waals surface area contributed by atoms with Gasteiger partial charge >= 0.3 is 5.97 Å². The minimum absolute atomic E-state index is 0.197. The van der Waals surface area contributed by atoms with Crippen LogP contribution in [0.2, 0.25) is 0 Å². The molecule has 0 radical (unpaired) electrons. The molecule has 0 fully saturated rings. The van der Waals surface area contributed by atoms with Crippen molar-refractivity contribution in [3.8, 4) is 17.1 Å². The molecule has 0 amide bonds. The minimum atomic E-state index is -1.02. The fourth-order valence-electron chi connectivity index (χ4n) is 2.29. The summed E-state index contributed by atoms with van der Waals surface area (Å²) in [5, 5.41) is 13.2. The van der Waals surface area contributed by atoms with Crippen molar-refractivity contribution in [3.05, 3.63) is 46.4 Å². The summed E-state index contributed by atoms with van der Waals surface area (Å²) in [6, 6.07) is 8.40. The van der Waals surface area contributed by atoms with E-state index in [-0.39, 0.29) is 17.9 Å². The van der Waals surface area contributed by atoms with Crippen molar-refractivity contribution in [2.45, 2.75) is 13.5 Å². The van der Waals surface area contributed by atoms with Crippen molar-refractivity contribution in [1.29, 1.82) is 0 Å². The normalized spacial score (nSPS) is 10.9. The maximum atomic E-state index is 12.1. The first-order valence-electron chi connectivity index (χ1n) is 6.83. The number of aliphatic carboxylic acids is 1. The number of methoxy groups -OCH3 is 1. The molecule has 23 heavy (non-hydrogen) atoms. The van der Waals surface area contributed by atoms with Gasteiger partial charge in [-0.15, -0.1) is 5.10 Å². The van der Waals surface area contributed by atoms with Gasteiger partial charge in [0.1, 0.15) is 12.3 Å². The fraction of sp³-hybridized carbons (Fsp3) is 0.200. The second kappa shape index (κ2) is 5.56. The van der Waals surface area contributed by atoms with Crippen molar-refractivity contribution < 1.29 is 14.6 Å². The van der Waals surface area contributed by atoms with Gasteiger partial charge < -0.3 is 14.4 Å². The van der Waals surface area contributed by atoms with E-state index in [9.17, 15) is 9.59 Å². The Morgan fingerprint density at radius 3 is 2.61 bits per heavy atom. The quantitative estimate of drug-likeness (QED) is 0.770. The zero-order valence-corrected chi connectivity index (χ0v) is 12.6. The SMILES string of the molecule is COc1ccc(-c2nc3n(CC(=O)O)c(C)cc(=O)n3n2)cc1. The number of hydrogen-bond donors (Lipinski definition) is 1. The van der Waals surface area contributed by atoms with Gasteiger partial charge in [0.2, 0.25) is 5.78 Å². The van der Waals surface area contributed by atoms with E-state index in [1.165, 1.54) is 10.6 Å². The topological polar surface area (TPSA) is 98.7 Å². The molecule has 0 aliphatic heterocycles. The van der Waals surface area contributed by atoms with Crippen LogP contribution in [0.1, 0.15) is 5.69 Å². The second-order valence-corrected chi connectivity index (χ2v) is 4.98. The third kappa shape index (κ3) is 2.66. The molecular weight excluding hydrogens is 300 g/mol. The molecule has 0 aliphatic rings. The van der Waals surface area contributed by atoms with Crippen molar-refractivity contribution in [2.75, 3.05) is 7.11 Å². The molecule has 0 saturated carbocycles. The van der Waals surface area contributed by atoms with Crippen LogP contribution in [0.4, 0.5) is 0 Å². The summed E-state index contributed by atoms with van der Waals surface area (Å²) in [5.74, 6) is 0.212. The molecule has 118 valence electrons. The van der Waals surface area contributed by atoms with E-state index >= 15 is 0 Å². The number of hydrogen-bond acceptors (Lipinski definition) is 5. The number of carboxylic acids is 1. The highest BCUT2D eigenvalue weighted by Gasteiger charge is 2.15. The van der Waals surface area contributed by atoms with Gasteiger partial charge in [-0.1, -0.05) is 0 Å². The molecule has 8 nitrogen and oxygen atoms in total. The first-order valence-corrected chi connectivity index (χ1v) is 6.83. The fourth-order valence-corrected chi connectivity index (χ4v) is 2.29. The number of ether oxygens (including phenoxy) is 1. The van der Waals surface area contributed by atoms with Gasteiger partial charge in [0, 0.05) is 17.3 Å². The molecule has 3 aromatic rings. The Balaban J connectivity index is 2.18. The summed E-state index contributed by atoms with van der Waals surface area (Å²) in [7, 11) is 1.57. The maximum Gasteiger partial charge on any atom is 0.323 e. The standard InChI is InChI=1S/C15H14N4O4/c1-9-7-12(20)19-15(18(9)8-13(21)22)16-14(17-19)10-3-5-11(23-2)6-4-10/h3-7H,8H2,1-2H3,(H,21,22). The van der Waals surface area contributed by atoms with Crippen LogP contribution in [-0.2, 0) is 11.3 Å². The highest BCUT2D eigenvalue weighted by atomic mass is 16.5. The summed E-state index contributed by atoms with van der Waals surface area (Å²) in [4.78, 5) is 27.4. The Morgan fingerprint density at radius 1 is 1.30 bits per heavy atom. The molecule has 2 aromatic heterocycles. The Labute approximate surface area is 130 Å². The van der Waals surface area contributed by atoms with Gasteiger partial charge in [-0.3, -0.25) is 9.59 Å². The number of aromatic nitrogens is 4. The van der Waals surface area contributed by atoms with Crippen LogP contribution in [0.3, 0.4) is 0 Å². The number of carbonyl (C=O) groups is 1. The molecule has 0 atom stereocenters. The van der Waals surface area contributed by atoms with Crippen molar-refractivity contribution in [3.63, 3.8) is 0 Å². The first kappa shape index (κ1) is 14.8. The lowest BCUT2D eigenvalue weighted by molar-refractivity contribution is -0.137. The molecule has 1 N–H and O–H groups in total. The van der Waals surface area contributed by atoms with Gasteiger partial charge in [0.15, 0.2) is 5.82 Å². The lowest BCUT2D eigenvalue weighted by Gasteiger charge is -2.07. The first-order chi connectivity index (χ1) is 11.0. The molecule has 8 heteroatoms. The second-order valence-electron chi connectivity index (χ2n) is 4.98. The van der Waals surface area contributed by atoms with Crippen molar-refractivity contribution in [1.82, 2.24) is 19.2 Å². The van der Waals surface area contributed by atoms with Gasteiger partial charge in [-0.2, -0.15) is 9.50 Å². The monoisotopic (exact) mass is 314 g/mol. The third-order valence-corrected chi connectivity index (χ3v) is 3.44. The molecule has 1 aromatic carbocycles. The van der Waals surface area contributed by atoms with E-state index in [0.29, 0.717) is 22.8 Å². The predicted octanol–water partition coefficient (Wildman–Crippen LogP) is 0.960. The van der Waals surface area contributed by atoms with Crippen LogP contribution < -0.4 is 10.3 Å². The molecular formula is C15H14N4O4. The zero-order valence-electron chi connectivity index (χ0n) is 12.6. The Kier molecular flexibility index (Phi) is 3.57. The Morgan fingerprint density at radius 2 is 2.00 bits per heavy atom. The number of nitrogens with zero attached hydrogens (tertiary/aromatic N) is 4. The summed E-state index contributed by atoms with van der Waals surface area (Å²) >= 11 is 0. The van der Waals surface area contributed by atoms with Crippen LogP contribution in [0.15, 0.2) is 35.1 Å². The molecule has 0 unspecified atom stereocenters. The summed E-state index contributed by atoms with van der Waals surface area (Å²) in [6.07, 6.45) is 0. The molecule has 0 saturated heterocycles. The van der Waals surface area contributed by atoms with E-state index in [1.54, 1.807) is 38.3 Å². The highest BCUT2D eigenvalue weighted by Crippen LogP contribution is 2.19. The van der Waals surface area contributed by atoms with E-state index in [4.69, 9.17) is 9.84 Å².